The summed E-state index contributed by atoms with van der Waals surface area (Å²) < 4.78 is 5.31. The lowest BCUT2D eigenvalue weighted by molar-refractivity contribution is -0.112. The Labute approximate surface area is 143 Å². The first kappa shape index (κ1) is 18.0. The number of hydrogen-bond acceptors (Lipinski definition) is 5. The summed E-state index contributed by atoms with van der Waals surface area (Å²) in [6, 6.07) is 9.42. The third kappa shape index (κ3) is 6.03. The fraction of sp³-hybridized carbons (Fsp3) is 0.444. The van der Waals surface area contributed by atoms with E-state index in [0.717, 1.165) is 51.4 Å². The number of nitrogens with zero attached hydrogens (tertiary/aromatic N) is 2. The Kier molecular flexibility index (Phi) is 7.27. The third-order valence-electron chi connectivity index (χ3n) is 3.79. The quantitative estimate of drug-likeness (QED) is 0.452. The van der Waals surface area contributed by atoms with E-state index in [9.17, 15) is 4.79 Å². The standard InChI is InChI=1S/C18H24N4O2/c1-15-4-2-5-17(12-15)21-18(23)16(13-19)14-20-6-3-7-22-8-10-24-11-9-22/h2,4-5,12,14,20H,3,6-11H2,1H3,(H,21,23)/b16-14-. The molecule has 0 radical (unpaired) electrons. The van der Waals surface area contributed by atoms with Crippen molar-refractivity contribution in [3.8, 4) is 6.07 Å². The summed E-state index contributed by atoms with van der Waals surface area (Å²) in [5, 5.41) is 14.9. The molecule has 1 heterocycles. The summed E-state index contributed by atoms with van der Waals surface area (Å²) >= 11 is 0. The predicted molar refractivity (Wildman–Crippen MR) is 93.4 cm³/mol. The van der Waals surface area contributed by atoms with E-state index in [4.69, 9.17) is 10.00 Å². The molecule has 0 unspecified atom stereocenters. The molecule has 0 atom stereocenters. The lowest BCUT2D eigenvalue weighted by Crippen LogP contribution is -2.37. The van der Waals surface area contributed by atoms with Gasteiger partial charge in [-0.05, 0) is 37.6 Å². The number of rotatable bonds is 7. The molecule has 2 N–H and O–H groups in total. The van der Waals surface area contributed by atoms with Crippen LogP contribution >= 0.6 is 0 Å². The molecule has 0 aliphatic carbocycles. The smallest absolute Gasteiger partial charge is 0.267 e. The lowest BCUT2D eigenvalue weighted by atomic mass is 10.2. The van der Waals surface area contributed by atoms with Gasteiger partial charge in [0.25, 0.3) is 5.91 Å². The van der Waals surface area contributed by atoms with Crippen molar-refractivity contribution in [2.75, 3.05) is 44.7 Å². The monoisotopic (exact) mass is 328 g/mol. The number of anilines is 1. The number of amides is 1. The molecule has 2 rings (SSSR count). The maximum absolute atomic E-state index is 12.1. The minimum absolute atomic E-state index is 0.0721. The largest absolute Gasteiger partial charge is 0.390 e. The number of morpholine rings is 1. The van der Waals surface area contributed by atoms with E-state index in [0.29, 0.717) is 5.69 Å². The maximum Gasteiger partial charge on any atom is 0.267 e. The molecule has 1 aliphatic rings. The molecule has 1 saturated heterocycles. The minimum Gasteiger partial charge on any atom is -0.390 e. The number of hydrogen-bond donors (Lipinski definition) is 2. The topological polar surface area (TPSA) is 77.4 Å². The fourth-order valence-electron chi connectivity index (χ4n) is 2.47. The van der Waals surface area contributed by atoms with Gasteiger partial charge in [-0.1, -0.05) is 12.1 Å². The first-order valence-corrected chi connectivity index (χ1v) is 8.21. The predicted octanol–water partition coefficient (Wildman–Crippen LogP) is 1.65. The second kappa shape index (κ2) is 9.71. The van der Waals surface area contributed by atoms with E-state index in [1.54, 1.807) is 6.07 Å². The maximum atomic E-state index is 12.1. The van der Waals surface area contributed by atoms with Crippen LogP contribution in [0.25, 0.3) is 0 Å². The first-order chi connectivity index (χ1) is 11.7. The molecule has 24 heavy (non-hydrogen) atoms. The molecule has 1 aliphatic heterocycles. The summed E-state index contributed by atoms with van der Waals surface area (Å²) in [6.45, 7) is 7.20. The van der Waals surface area contributed by atoms with E-state index >= 15 is 0 Å². The van der Waals surface area contributed by atoms with Crippen molar-refractivity contribution in [3.05, 3.63) is 41.6 Å². The van der Waals surface area contributed by atoms with E-state index in [-0.39, 0.29) is 5.57 Å². The molecule has 0 bridgehead atoms. The van der Waals surface area contributed by atoms with Crippen molar-refractivity contribution in [2.45, 2.75) is 13.3 Å². The highest BCUT2D eigenvalue weighted by Crippen LogP contribution is 2.10. The molecule has 1 aromatic carbocycles. The highest BCUT2D eigenvalue weighted by Gasteiger charge is 2.10. The second-order valence-corrected chi connectivity index (χ2v) is 5.76. The molecule has 6 nitrogen and oxygen atoms in total. The van der Waals surface area contributed by atoms with Crippen LogP contribution in [0.3, 0.4) is 0 Å². The number of nitrogens with one attached hydrogen (secondary N) is 2. The van der Waals surface area contributed by atoms with Crippen LogP contribution in [-0.4, -0.2) is 50.2 Å². The van der Waals surface area contributed by atoms with Crippen LogP contribution in [-0.2, 0) is 9.53 Å². The number of carbonyl (C=O) groups is 1. The van der Waals surface area contributed by atoms with Crippen LogP contribution in [0.4, 0.5) is 5.69 Å². The Morgan fingerprint density at radius 3 is 2.92 bits per heavy atom. The third-order valence-corrected chi connectivity index (χ3v) is 3.79. The average molecular weight is 328 g/mol. The molecule has 128 valence electrons. The zero-order valence-corrected chi connectivity index (χ0v) is 14.0. The van der Waals surface area contributed by atoms with Gasteiger partial charge in [-0.3, -0.25) is 9.69 Å². The molecule has 1 amide bonds. The molecule has 6 heteroatoms. The SMILES string of the molecule is Cc1cccc(NC(=O)/C(C#N)=C\NCCCN2CCOCC2)c1. The zero-order chi connectivity index (χ0) is 17.2. The zero-order valence-electron chi connectivity index (χ0n) is 14.0. The molecular weight excluding hydrogens is 304 g/mol. The van der Waals surface area contributed by atoms with Crippen molar-refractivity contribution >= 4 is 11.6 Å². The van der Waals surface area contributed by atoms with Crippen LogP contribution in [0.15, 0.2) is 36.0 Å². The Balaban J connectivity index is 1.74. The number of ether oxygens (including phenoxy) is 1. The molecule has 1 aromatic rings. The average Bonchev–Trinajstić information content (AvgIpc) is 2.59. The summed E-state index contributed by atoms with van der Waals surface area (Å²) in [6.07, 6.45) is 2.44. The van der Waals surface area contributed by atoms with E-state index in [1.807, 2.05) is 31.2 Å². The van der Waals surface area contributed by atoms with Crippen molar-refractivity contribution in [1.82, 2.24) is 10.2 Å². The number of aryl methyl sites for hydroxylation is 1. The Morgan fingerprint density at radius 1 is 1.42 bits per heavy atom. The summed E-state index contributed by atoms with van der Waals surface area (Å²) in [5.74, 6) is -0.399. The van der Waals surface area contributed by atoms with E-state index in [2.05, 4.69) is 15.5 Å². The van der Waals surface area contributed by atoms with Crippen LogP contribution < -0.4 is 10.6 Å². The number of carbonyl (C=O) groups excluding carboxylic acids is 1. The Hall–Kier alpha value is -2.36. The number of nitriles is 1. The molecule has 0 aromatic heterocycles. The van der Waals surface area contributed by atoms with Crippen LogP contribution in [0, 0.1) is 18.3 Å². The second-order valence-electron chi connectivity index (χ2n) is 5.76. The van der Waals surface area contributed by atoms with Crippen LogP contribution in [0.2, 0.25) is 0 Å². The van der Waals surface area contributed by atoms with Crippen molar-refractivity contribution in [3.63, 3.8) is 0 Å². The van der Waals surface area contributed by atoms with Gasteiger partial charge in [0.1, 0.15) is 11.6 Å². The van der Waals surface area contributed by atoms with Crippen molar-refractivity contribution in [2.24, 2.45) is 0 Å². The van der Waals surface area contributed by atoms with Gasteiger partial charge in [0, 0.05) is 31.5 Å². The van der Waals surface area contributed by atoms with Gasteiger partial charge >= 0.3 is 0 Å². The van der Waals surface area contributed by atoms with E-state index in [1.165, 1.54) is 6.20 Å². The summed E-state index contributed by atoms with van der Waals surface area (Å²) in [7, 11) is 0. The van der Waals surface area contributed by atoms with Gasteiger partial charge in [0.15, 0.2) is 0 Å². The highest BCUT2D eigenvalue weighted by atomic mass is 16.5. The summed E-state index contributed by atoms with van der Waals surface area (Å²) in [5.41, 5.74) is 1.81. The number of benzene rings is 1. The first-order valence-electron chi connectivity index (χ1n) is 8.21. The van der Waals surface area contributed by atoms with Gasteiger partial charge in [0.05, 0.1) is 13.2 Å². The molecule has 0 spiro atoms. The molecule has 1 fully saturated rings. The van der Waals surface area contributed by atoms with Gasteiger partial charge < -0.3 is 15.4 Å². The van der Waals surface area contributed by atoms with Gasteiger partial charge in [-0.2, -0.15) is 5.26 Å². The van der Waals surface area contributed by atoms with Gasteiger partial charge in [0.2, 0.25) is 0 Å². The van der Waals surface area contributed by atoms with Crippen molar-refractivity contribution < 1.29 is 9.53 Å². The van der Waals surface area contributed by atoms with Crippen LogP contribution in [0.5, 0.6) is 0 Å². The Bertz CT molecular complexity index is 616. The lowest BCUT2D eigenvalue weighted by Gasteiger charge is -2.26. The summed E-state index contributed by atoms with van der Waals surface area (Å²) in [4.78, 5) is 14.5. The van der Waals surface area contributed by atoms with Gasteiger partial charge in [-0.25, -0.2) is 0 Å². The molecule has 0 saturated carbocycles. The van der Waals surface area contributed by atoms with E-state index < -0.39 is 5.91 Å². The normalized spacial score (nSPS) is 15.6. The fourth-order valence-corrected chi connectivity index (χ4v) is 2.47. The highest BCUT2D eigenvalue weighted by molar-refractivity contribution is 6.06. The van der Waals surface area contributed by atoms with Gasteiger partial charge in [-0.15, -0.1) is 0 Å². The minimum atomic E-state index is -0.399. The van der Waals surface area contributed by atoms with Crippen molar-refractivity contribution in [1.29, 1.82) is 5.26 Å². The molecular formula is C18H24N4O2. The van der Waals surface area contributed by atoms with Crippen LogP contribution in [0.1, 0.15) is 12.0 Å². The Morgan fingerprint density at radius 2 is 2.21 bits per heavy atom.